The molecule has 0 radical (unpaired) electrons. The normalized spacial score (nSPS) is 21.1. The Hall–Kier alpha value is -2.26. The van der Waals surface area contributed by atoms with Gasteiger partial charge in [-0.15, -0.1) is 0 Å². The van der Waals surface area contributed by atoms with E-state index in [1.807, 2.05) is 0 Å². The van der Waals surface area contributed by atoms with Crippen LogP contribution >= 0.6 is 7.60 Å². The molecule has 10 nitrogen and oxygen atoms in total. The van der Waals surface area contributed by atoms with Crippen molar-refractivity contribution >= 4 is 31.2 Å². The maximum Gasteiger partial charge on any atom is 0.348 e. The zero-order valence-corrected chi connectivity index (χ0v) is 16.9. The van der Waals surface area contributed by atoms with Crippen LogP contribution < -0.4 is 10.6 Å². The van der Waals surface area contributed by atoms with Gasteiger partial charge in [-0.25, -0.2) is 9.59 Å². The van der Waals surface area contributed by atoms with Crippen molar-refractivity contribution < 1.29 is 28.4 Å². The van der Waals surface area contributed by atoms with Crippen molar-refractivity contribution in [1.82, 2.24) is 10.4 Å². The fraction of sp³-hybridized carbons (Fsp3) is 0.471. The molecule has 0 bridgehead atoms. The first-order valence-corrected chi connectivity index (χ1v) is 10.6. The summed E-state index contributed by atoms with van der Waals surface area (Å²) in [6.45, 7) is 5.36. The van der Waals surface area contributed by atoms with Crippen LogP contribution in [-0.4, -0.2) is 53.1 Å². The van der Waals surface area contributed by atoms with Crippen LogP contribution in [0.2, 0.25) is 0 Å². The maximum atomic E-state index is 12.7. The van der Waals surface area contributed by atoms with Crippen LogP contribution in [0.5, 0.6) is 0 Å². The summed E-state index contributed by atoms with van der Waals surface area (Å²) in [6.07, 6.45) is 0.0448. The monoisotopic (exact) mass is 412 g/mol. The molecule has 0 spiro atoms. The van der Waals surface area contributed by atoms with Crippen molar-refractivity contribution in [2.45, 2.75) is 32.7 Å². The molecule has 1 fully saturated rings. The van der Waals surface area contributed by atoms with E-state index in [1.54, 1.807) is 51.1 Å². The number of urea groups is 2. The molecule has 3 N–H and O–H groups in total. The van der Waals surface area contributed by atoms with Gasteiger partial charge in [-0.3, -0.25) is 9.77 Å². The van der Waals surface area contributed by atoms with Crippen LogP contribution in [0.25, 0.3) is 0 Å². The minimum atomic E-state index is -3.38. The molecule has 1 saturated heterocycles. The molecule has 0 aromatic heterocycles. The van der Waals surface area contributed by atoms with Crippen molar-refractivity contribution in [2.75, 3.05) is 24.7 Å². The van der Waals surface area contributed by atoms with Crippen LogP contribution in [0, 0.1) is 0 Å². The number of hydrogen-bond donors (Lipinski definition) is 3. The molecule has 4 amide bonds. The second kappa shape index (κ2) is 9.29. The van der Waals surface area contributed by atoms with Gasteiger partial charge in [-0.05, 0) is 39.3 Å². The van der Waals surface area contributed by atoms with Gasteiger partial charge >= 0.3 is 19.7 Å². The first-order valence-electron chi connectivity index (χ1n) is 8.87. The zero-order valence-electron chi connectivity index (χ0n) is 16.0. The van der Waals surface area contributed by atoms with Crippen molar-refractivity contribution in [3.63, 3.8) is 0 Å². The Labute approximate surface area is 163 Å². The number of hydrogen-bond acceptors (Lipinski definition) is 6. The van der Waals surface area contributed by atoms with E-state index in [2.05, 4.69) is 15.6 Å². The first-order chi connectivity index (χ1) is 13.2. The van der Waals surface area contributed by atoms with E-state index in [9.17, 15) is 19.4 Å². The SMILES string of the molecule is CCOP(=O)(CCC1(C)NC(=O)N(O)/C1=N\C(=O)Nc1ccccc1)OCC. The number of nitrogens with one attached hydrogen (secondary N) is 2. The number of amides is 4. The molecule has 1 aliphatic rings. The number of rotatable bonds is 8. The third-order valence-electron chi connectivity index (χ3n) is 4.04. The average molecular weight is 412 g/mol. The predicted octanol–water partition coefficient (Wildman–Crippen LogP) is 3.45. The van der Waals surface area contributed by atoms with E-state index < -0.39 is 25.2 Å². The molecule has 1 aromatic carbocycles. The van der Waals surface area contributed by atoms with Crippen molar-refractivity contribution in [1.29, 1.82) is 0 Å². The highest BCUT2D eigenvalue weighted by Crippen LogP contribution is 2.49. The second-order valence-electron chi connectivity index (χ2n) is 6.23. The van der Waals surface area contributed by atoms with Crippen LogP contribution in [0.15, 0.2) is 35.3 Å². The van der Waals surface area contributed by atoms with Crippen LogP contribution in [0.3, 0.4) is 0 Å². The molecule has 0 saturated carbocycles. The summed E-state index contributed by atoms with van der Waals surface area (Å²) in [5.74, 6) is -0.203. The second-order valence-corrected chi connectivity index (χ2v) is 8.41. The summed E-state index contributed by atoms with van der Waals surface area (Å²) in [4.78, 5) is 28.0. The molecule has 2 rings (SSSR count). The number of aliphatic imine (C=N–C) groups is 1. The molecular weight excluding hydrogens is 387 g/mol. The van der Waals surface area contributed by atoms with Crippen LogP contribution in [-0.2, 0) is 13.6 Å². The number of carbonyl (C=O) groups excluding carboxylic acids is 2. The molecule has 11 heteroatoms. The molecule has 154 valence electrons. The number of nitrogens with zero attached hydrogens (tertiary/aromatic N) is 2. The number of para-hydroxylation sites is 1. The summed E-state index contributed by atoms with van der Waals surface area (Å²) < 4.78 is 23.2. The Morgan fingerprint density at radius 1 is 1.29 bits per heavy atom. The fourth-order valence-corrected chi connectivity index (χ4v) is 4.55. The lowest BCUT2D eigenvalue weighted by atomic mass is 9.99. The van der Waals surface area contributed by atoms with Gasteiger partial charge in [-0.1, -0.05) is 18.2 Å². The summed E-state index contributed by atoms with van der Waals surface area (Å²) >= 11 is 0. The average Bonchev–Trinajstić information content (AvgIpc) is 2.85. The molecule has 1 unspecified atom stereocenters. The van der Waals surface area contributed by atoms with Crippen molar-refractivity contribution in [3.05, 3.63) is 30.3 Å². The third kappa shape index (κ3) is 5.39. The maximum absolute atomic E-state index is 12.7. The van der Waals surface area contributed by atoms with E-state index in [0.717, 1.165) is 0 Å². The summed E-state index contributed by atoms with van der Waals surface area (Å²) in [5, 5.41) is 15.4. The molecule has 28 heavy (non-hydrogen) atoms. The minimum Gasteiger partial charge on any atom is -0.323 e. The van der Waals surface area contributed by atoms with Gasteiger partial charge in [0.05, 0.1) is 19.4 Å². The van der Waals surface area contributed by atoms with Gasteiger partial charge in [0.1, 0.15) is 5.54 Å². The summed E-state index contributed by atoms with van der Waals surface area (Å²) in [5.41, 5.74) is -0.721. The Morgan fingerprint density at radius 3 is 2.46 bits per heavy atom. The van der Waals surface area contributed by atoms with Crippen molar-refractivity contribution in [3.8, 4) is 0 Å². The standard InChI is InChI=1S/C17H25N4O6P/c1-4-26-28(25,27-5-2)12-11-17(3)14(21(24)16(23)20-17)19-15(22)18-13-9-7-6-8-10-13/h6-10,24H,4-5,11-12H2,1-3H3,(H,18,22)(H,20,23)/b19-14-. The highest BCUT2D eigenvalue weighted by atomic mass is 31.2. The third-order valence-corrected chi connectivity index (χ3v) is 6.11. The Morgan fingerprint density at radius 2 is 1.89 bits per heavy atom. The minimum absolute atomic E-state index is 0.0291. The topological polar surface area (TPSA) is 130 Å². The number of carbonyl (C=O) groups is 2. The first kappa shape index (κ1) is 22.0. The number of anilines is 1. The number of hydroxylamine groups is 2. The predicted molar refractivity (Wildman–Crippen MR) is 104 cm³/mol. The van der Waals surface area contributed by atoms with Gasteiger partial charge in [0.25, 0.3) is 0 Å². The van der Waals surface area contributed by atoms with Crippen LogP contribution in [0.4, 0.5) is 15.3 Å². The summed E-state index contributed by atoms with van der Waals surface area (Å²) in [7, 11) is -3.38. The van der Waals surface area contributed by atoms with Crippen LogP contribution in [0.1, 0.15) is 27.2 Å². The molecule has 1 aliphatic heterocycles. The smallest absolute Gasteiger partial charge is 0.323 e. The van der Waals surface area contributed by atoms with E-state index in [4.69, 9.17) is 9.05 Å². The Bertz CT molecular complexity index is 777. The van der Waals surface area contributed by atoms with Gasteiger partial charge < -0.3 is 19.7 Å². The fourth-order valence-electron chi connectivity index (χ4n) is 2.71. The largest absolute Gasteiger partial charge is 0.348 e. The Kier molecular flexibility index (Phi) is 7.31. The lowest BCUT2D eigenvalue weighted by Gasteiger charge is -2.26. The Balaban J connectivity index is 2.19. The molecule has 1 heterocycles. The van der Waals surface area contributed by atoms with Gasteiger partial charge in [0.2, 0.25) is 0 Å². The molecule has 1 atom stereocenters. The highest BCUT2D eigenvalue weighted by molar-refractivity contribution is 7.53. The van der Waals surface area contributed by atoms with E-state index in [0.29, 0.717) is 5.69 Å². The van der Waals surface area contributed by atoms with E-state index in [1.165, 1.54) is 0 Å². The quantitative estimate of drug-likeness (QED) is 0.443. The summed E-state index contributed by atoms with van der Waals surface area (Å²) in [6, 6.07) is 7.02. The van der Waals surface area contributed by atoms with Crippen molar-refractivity contribution in [2.24, 2.45) is 4.99 Å². The van der Waals surface area contributed by atoms with Gasteiger partial charge in [0.15, 0.2) is 5.84 Å². The highest BCUT2D eigenvalue weighted by Gasteiger charge is 2.47. The number of amidine groups is 1. The van der Waals surface area contributed by atoms with Gasteiger partial charge in [-0.2, -0.15) is 10.1 Å². The van der Waals surface area contributed by atoms with E-state index >= 15 is 0 Å². The lowest BCUT2D eigenvalue weighted by Crippen LogP contribution is -2.45. The number of benzene rings is 1. The lowest BCUT2D eigenvalue weighted by molar-refractivity contribution is 0.0347. The molecular formula is C17H25N4O6P. The van der Waals surface area contributed by atoms with E-state index in [-0.39, 0.29) is 36.7 Å². The zero-order chi connectivity index (χ0) is 20.8. The van der Waals surface area contributed by atoms with Gasteiger partial charge in [0, 0.05) is 5.69 Å². The molecule has 0 aliphatic carbocycles. The molecule has 1 aromatic rings.